The summed E-state index contributed by atoms with van der Waals surface area (Å²) < 4.78 is 66.1. The molecule has 1 aliphatic heterocycles. The van der Waals surface area contributed by atoms with E-state index in [4.69, 9.17) is 15.3 Å². The van der Waals surface area contributed by atoms with Gasteiger partial charge in [-0.1, -0.05) is 72.7 Å². The fourth-order valence-electron chi connectivity index (χ4n) is 6.06. The van der Waals surface area contributed by atoms with Crippen LogP contribution >= 0.6 is 0 Å². The fourth-order valence-corrected chi connectivity index (χ4v) is 6.90. The molecule has 3 N–H and O–H groups in total. The highest BCUT2D eigenvalue weighted by Crippen LogP contribution is 2.45. The SMILES string of the molecule is NC1CCN(C(=O)C(C(ONS(=O)(=O)c2ccccc2)C2CCCCC2)C(F)(F)c2cccc(Oc3ccccc3)c2)CC1. The van der Waals surface area contributed by atoms with E-state index in [2.05, 4.69) is 4.89 Å². The largest absolute Gasteiger partial charge is 0.457 e. The molecule has 2 fully saturated rings. The van der Waals surface area contributed by atoms with E-state index >= 15 is 8.78 Å². The van der Waals surface area contributed by atoms with Gasteiger partial charge in [0.15, 0.2) is 0 Å². The van der Waals surface area contributed by atoms with Crippen LogP contribution in [0.1, 0.15) is 50.5 Å². The van der Waals surface area contributed by atoms with Crippen LogP contribution in [0.3, 0.4) is 0 Å². The average molecular weight is 628 g/mol. The van der Waals surface area contributed by atoms with Gasteiger partial charge in [-0.25, -0.2) is 17.2 Å². The lowest BCUT2D eigenvalue weighted by Crippen LogP contribution is -2.55. The molecule has 3 aromatic rings. The Kier molecular flexibility index (Phi) is 10.3. The highest BCUT2D eigenvalue weighted by molar-refractivity contribution is 7.89. The van der Waals surface area contributed by atoms with Gasteiger partial charge in [0.1, 0.15) is 23.5 Å². The molecule has 1 saturated heterocycles. The Balaban J connectivity index is 1.52. The van der Waals surface area contributed by atoms with Gasteiger partial charge in [-0.05, 0) is 68.0 Å². The molecule has 44 heavy (non-hydrogen) atoms. The van der Waals surface area contributed by atoms with E-state index in [0.29, 0.717) is 31.4 Å². The van der Waals surface area contributed by atoms with Gasteiger partial charge in [-0.2, -0.15) is 0 Å². The summed E-state index contributed by atoms with van der Waals surface area (Å²) in [6, 6.07) is 21.7. The highest BCUT2D eigenvalue weighted by Gasteiger charge is 2.55. The van der Waals surface area contributed by atoms with Crippen molar-refractivity contribution >= 4 is 15.9 Å². The number of amides is 1. The minimum Gasteiger partial charge on any atom is -0.457 e. The molecule has 2 aliphatic rings. The molecule has 5 rings (SSSR count). The highest BCUT2D eigenvalue weighted by atomic mass is 32.2. The Labute approximate surface area is 257 Å². The van der Waals surface area contributed by atoms with Crippen molar-refractivity contribution in [2.45, 2.75) is 67.9 Å². The standard InChI is InChI=1S/C33H39F2N3O5S/c34-33(35,25-13-10-16-28(23-25)42-27-14-6-2-7-15-27)30(32(39)38-21-19-26(36)20-22-38)31(24-11-4-1-5-12-24)43-37-44(40,41)29-17-8-3-9-18-29/h2-3,6-10,13-18,23-24,26,30-31,37H,1,4-5,11-12,19-22,36H2. The molecule has 2 atom stereocenters. The molecule has 8 nitrogen and oxygen atoms in total. The number of nitrogens with zero attached hydrogens (tertiary/aromatic N) is 1. The Morgan fingerprint density at radius 1 is 0.864 bits per heavy atom. The quantitative estimate of drug-likeness (QED) is 0.253. The van der Waals surface area contributed by atoms with Crippen LogP contribution < -0.4 is 15.4 Å². The number of benzene rings is 3. The maximum Gasteiger partial charge on any atom is 0.287 e. The van der Waals surface area contributed by atoms with E-state index in [9.17, 15) is 13.2 Å². The maximum atomic E-state index is 17.0. The molecule has 1 aliphatic carbocycles. The molecular formula is C33H39F2N3O5S. The number of hydrogen-bond acceptors (Lipinski definition) is 6. The number of likely N-dealkylation sites (tertiary alicyclic amines) is 1. The van der Waals surface area contributed by atoms with Gasteiger partial charge in [-0.3, -0.25) is 9.63 Å². The van der Waals surface area contributed by atoms with Crippen molar-refractivity contribution in [3.63, 3.8) is 0 Å². The zero-order valence-corrected chi connectivity index (χ0v) is 25.3. The monoisotopic (exact) mass is 627 g/mol. The van der Waals surface area contributed by atoms with Crippen LogP contribution in [0.2, 0.25) is 0 Å². The van der Waals surface area contributed by atoms with E-state index in [1.54, 1.807) is 48.5 Å². The van der Waals surface area contributed by atoms with Crippen molar-refractivity contribution in [3.8, 4) is 11.5 Å². The second-order valence-electron chi connectivity index (χ2n) is 11.6. The van der Waals surface area contributed by atoms with Gasteiger partial charge in [0.2, 0.25) is 5.91 Å². The summed E-state index contributed by atoms with van der Waals surface area (Å²) in [5, 5.41) is 0. The summed E-state index contributed by atoms with van der Waals surface area (Å²) in [4.78, 5) is 23.5. The summed E-state index contributed by atoms with van der Waals surface area (Å²) in [5.41, 5.74) is 5.63. The van der Waals surface area contributed by atoms with Crippen LogP contribution in [0.5, 0.6) is 11.5 Å². The van der Waals surface area contributed by atoms with Gasteiger partial charge >= 0.3 is 0 Å². The van der Waals surface area contributed by atoms with Crippen molar-refractivity contribution < 1.29 is 31.6 Å². The van der Waals surface area contributed by atoms with Crippen molar-refractivity contribution in [2.24, 2.45) is 17.6 Å². The Bertz CT molecular complexity index is 1480. The zero-order valence-electron chi connectivity index (χ0n) is 24.5. The van der Waals surface area contributed by atoms with Gasteiger partial charge in [-0.15, -0.1) is 0 Å². The summed E-state index contributed by atoms with van der Waals surface area (Å²) in [7, 11) is -4.22. The van der Waals surface area contributed by atoms with E-state index in [1.165, 1.54) is 35.2 Å². The smallest absolute Gasteiger partial charge is 0.287 e. The maximum absolute atomic E-state index is 17.0. The first kappa shape index (κ1) is 32.0. The van der Waals surface area contributed by atoms with Crippen LogP contribution in [-0.4, -0.2) is 44.5 Å². The van der Waals surface area contributed by atoms with Crippen molar-refractivity contribution in [3.05, 3.63) is 90.5 Å². The second kappa shape index (κ2) is 14.2. The molecule has 0 spiro atoms. The molecule has 2 unspecified atom stereocenters. The van der Waals surface area contributed by atoms with Gasteiger partial charge in [0, 0.05) is 24.7 Å². The van der Waals surface area contributed by atoms with Crippen LogP contribution in [-0.2, 0) is 25.6 Å². The van der Waals surface area contributed by atoms with Crippen molar-refractivity contribution in [1.82, 2.24) is 9.79 Å². The number of carbonyl (C=O) groups excluding carboxylic acids is 1. The first-order valence-corrected chi connectivity index (χ1v) is 16.6. The van der Waals surface area contributed by atoms with Crippen molar-refractivity contribution in [2.75, 3.05) is 13.1 Å². The van der Waals surface area contributed by atoms with Crippen LogP contribution in [0.15, 0.2) is 89.8 Å². The fraction of sp³-hybridized carbons (Fsp3) is 0.424. The molecular weight excluding hydrogens is 588 g/mol. The number of piperidine rings is 1. The first-order valence-electron chi connectivity index (χ1n) is 15.1. The molecule has 236 valence electrons. The van der Waals surface area contributed by atoms with E-state index in [-0.39, 0.29) is 29.8 Å². The Morgan fingerprint density at radius 3 is 2.14 bits per heavy atom. The lowest BCUT2D eigenvalue weighted by molar-refractivity contribution is -0.183. The van der Waals surface area contributed by atoms with Crippen LogP contribution in [0, 0.1) is 11.8 Å². The lowest BCUT2D eigenvalue weighted by Gasteiger charge is -2.41. The summed E-state index contributed by atoms with van der Waals surface area (Å²) in [5.74, 6) is -6.35. The summed E-state index contributed by atoms with van der Waals surface area (Å²) >= 11 is 0. The number of alkyl halides is 2. The molecule has 3 aromatic carbocycles. The normalized spacial score (nSPS) is 18.5. The molecule has 11 heteroatoms. The second-order valence-corrected chi connectivity index (χ2v) is 13.2. The Hall–Kier alpha value is -3.38. The van der Waals surface area contributed by atoms with Gasteiger partial charge in [0.05, 0.1) is 4.90 Å². The van der Waals surface area contributed by atoms with Gasteiger partial charge in [0.25, 0.3) is 15.9 Å². The number of rotatable bonds is 11. The first-order chi connectivity index (χ1) is 21.1. The number of nitrogens with one attached hydrogen (secondary N) is 1. The van der Waals surface area contributed by atoms with E-state index in [0.717, 1.165) is 19.3 Å². The number of nitrogens with two attached hydrogens (primary N) is 1. The topological polar surface area (TPSA) is 111 Å². The minimum absolute atomic E-state index is 0.0761. The Morgan fingerprint density at radius 2 is 1.48 bits per heavy atom. The van der Waals surface area contributed by atoms with Crippen LogP contribution in [0.4, 0.5) is 8.78 Å². The van der Waals surface area contributed by atoms with Crippen molar-refractivity contribution in [1.29, 1.82) is 0 Å². The third-order valence-electron chi connectivity index (χ3n) is 8.50. The van der Waals surface area contributed by atoms with Crippen LogP contribution in [0.25, 0.3) is 0 Å². The number of ether oxygens (including phenoxy) is 1. The molecule has 0 radical (unpaired) electrons. The molecule has 0 aromatic heterocycles. The summed E-state index contributed by atoms with van der Waals surface area (Å²) in [6.45, 7) is 0.466. The van der Waals surface area contributed by atoms with Gasteiger partial charge < -0.3 is 15.4 Å². The predicted molar refractivity (Wildman–Crippen MR) is 162 cm³/mol. The number of carbonyl (C=O) groups is 1. The minimum atomic E-state index is -4.22. The molecule has 1 saturated carbocycles. The third kappa shape index (κ3) is 7.63. The molecule has 1 heterocycles. The lowest BCUT2D eigenvalue weighted by atomic mass is 9.76. The number of para-hydroxylation sites is 1. The zero-order chi connectivity index (χ0) is 31.2. The molecule has 0 bridgehead atoms. The number of hydrogen-bond donors (Lipinski definition) is 2. The average Bonchev–Trinajstić information content (AvgIpc) is 3.04. The van der Waals surface area contributed by atoms with E-state index in [1.807, 2.05) is 6.07 Å². The number of halogens is 2. The summed E-state index contributed by atoms with van der Waals surface area (Å²) in [6.07, 6.45) is 3.05. The number of sulfonamides is 1. The predicted octanol–water partition coefficient (Wildman–Crippen LogP) is 6.00. The van der Waals surface area contributed by atoms with E-state index < -0.39 is 45.4 Å². The third-order valence-corrected chi connectivity index (χ3v) is 9.70. The molecule has 1 amide bonds.